The van der Waals surface area contributed by atoms with E-state index in [0.717, 1.165) is 30.3 Å². The smallest absolute Gasteiger partial charge is 0.321 e. The number of hydrogen-bond donors (Lipinski definition) is 0. The summed E-state index contributed by atoms with van der Waals surface area (Å²) in [6, 6.07) is 12.8. The molecule has 0 spiro atoms. The molecule has 0 aliphatic carbocycles. The van der Waals surface area contributed by atoms with Crippen molar-refractivity contribution in [1.29, 1.82) is 0 Å². The molecule has 2 heterocycles. The van der Waals surface area contributed by atoms with Gasteiger partial charge in [0, 0.05) is 6.54 Å². The molecule has 162 valence electrons. The first-order chi connectivity index (χ1) is 15.1. The van der Waals surface area contributed by atoms with Crippen LogP contribution in [0.15, 0.2) is 48.5 Å². The van der Waals surface area contributed by atoms with Crippen molar-refractivity contribution in [2.45, 2.75) is 39.2 Å². The third kappa shape index (κ3) is 3.80. The summed E-state index contributed by atoms with van der Waals surface area (Å²) in [5, 5.41) is 0. The van der Waals surface area contributed by atoms with Crippen molar-refractivity contribution in [3.63, 3.8) is 0 Å². The molecule has 0 saturated carbocycles. The second-order valence-electron chi connectivity index (χ2n) is 7.70. The van der Waals surface area contributed by atoms with Crippen LogP contribution < -0.4 is 4.90 Å². The van der Waals surface area contributed by atoms with Crippen LogP contribution in [-0.4, -0.2) is 34.6 Å². The van der Waals surface area contributed by atoms with Crippen LogP contribution in [0.25, 0.3) is 11.0 Å². The molecular formula is C24H26FN3O3. The summed E-state index contributed by atoms with van der Waals surface area (Å²) in [4.78, 5) is 33.0. The van der Waals surface area contributed by atoms with E-state index < -0.39 is 23.7 Å². The van der Waals surface area contributed by atoms with Crippen LogP contribution >= 0.6 is 0 Å². The summed E-state index contributed by atoms with van der Waals surface area (Å²) in [6.45, 7) is 4.42. The fourth-order valence-electron chi connectivity index (χ4n) is 4.27. The van der Waals surface area contributed by atoms with Crippen molar-refractivity contribution in [2.75, 3.05) is 18.1 Å². The van der Waals surface area contributed by atoms with E-state index in [1.54, 1.807) is 24.0 Å². The Labute approximate surface area is 180 Å². The summed E-state index contributed by atoms with van der Waals surface area (Å²) < 4.78 is 21.3. The Bertz CT molecular complexity index is 1110. The number of hydrogen-bond acceptors (Lipinski definition) is 4. The van der Waals surface area contributed by atoms with Crippen LogP contribution in [0.4, 0.5) is 10.3 Å². The van der Waals surface area contributed by atoms with E-state index in [-0.39, 0.29) is 12.5 Å². The van der Waals surface area contributed by atoms with Gasteiger partial charge in [-0.15, -0.1) is 0 Å². The summed E-state index contributed by atoms with van der Waals surface area (Å²) in [5.41, 5.74) is 2.04. The Balaban J connectivity index is 1.94. The maximum atomic E-state index is 14.2. The van der Waals surface area contributed by atoms with Gasteiger partial charge in [-0.25, -0.2) is 9.37 Å². The zero-order chi connectivity index (χ0) is 22.0. The van der Waals surface area contributed by atoms with Crippen LogP contribution in [0.2, 0.25) is 0 Å². The Kier molecular flexibility index (Phi) is 6.02. The lowest BCUT2D eigenvalue weighted by atomic mass is 9.89. The number of esters is 1. The van der Waals surface area contributed by atoms with Gasteiger partial charge in [0.1, 0.15) is 5.82 Å². The zero-order valence-corrected chi connectivity index (χ0v) is 17.8. The van der Waals surface area contributed by atoms with E-state index in [0.29, 0.717) is 18.1 Å². The molecule has 0 N–H and O–H groups in total. The molecule has 4 rings (SSSR count). The lowest BCUT2D eigenvalue weighted by Gasteiger charge is -2.38. The number of benzene rings is 2. The molecular weight excluding hydrogens is 397 g/mol. The third-order valence-corrected chi connectivity index (χ3v) is 5.66. The van der Waals surface area contributed by atoms with Crippen LogP contribution in [0.3, 0.4) is 0 Å². The van der Waals surface area contributed by atoms with Gasteiger partial charge in [0.25, 0.3) is 0 Å². The number of carbonyl (C=O) groups excluding carboxylic acids is 2. The molecule has 0 unspecified atom stereocenters. The first kappa shape index (κ1) is 21.0. The molecule has 1 aliphatic heterocycles. The number of unbranched alkanes of at least 4 members (excludes halogenated alkanes) is 2. The van der Waals surface area contributed by atoms with E-state index in [4.69, 9.17) is 9.72 Å². The summed E-state index contributed by atoms with van der Waals surface area (Å²) in [6.07, 6.45) is 2.76. The van der Waals surface area contributed by atoms with Crippen LogP contribution in [0, 0.1) is 11.7 Å². The molecule has 1 aliphatic rings. The molecule has 6 nitrogen and oxygen atoms in total. The highest BCUT2D eigenvalue weighted by Gasteiger charge is 2.47. The Hall–Kier alpha value is -3.22. The summed E-state index contributed by atoms with van der Waals surface area (Å²) >= 11 is 0. The average molecular weight is 423 g/mol. The lowest BCUT2D eigenvalue weighted by Crippen LogP contribution is -2.50. The van der Waals surface area contributed by atoms with E-state index in [2.05, 4.69) is 6.92 Å². The minimum atomic E-state index is -1.12. The highest BCUT2D eigenvalue weighted by Crippen LogP contribution is 2.41. The van der Waals surface area contributed by atoms with Gasteiger partial charge in [0.15, 0.2) is 5.92 Å². The maximum absolute atomic E-state index is 14.2. The standard InChI is InChI=1S/C24H26FN3O3/c1-3-5-8-14-27-22(29)20(23(30)31-4-2)21(16-10-9-11-17(25)15-16)28-19-13-7-6-12-18(19)26-24(27)28/h6-7,9-13,15,20-21H,3-5,8,14H2,1-2H3/t20-,21-/m0/s1. The number of imidazole rings is 1. The predicted molar refractivity (Wildman–Crippen MR) is 116 cm³/mol. The van der Waals surface area contributed by atoms with Gasteiger partial charge < -0.3 is 9.30 Å². The van der Waals surface area contributed by atoms with Crippen molar-refractivity contribution in [1.82, 2.24) is 9.55 Å². The monoisotopic (exact) mass is 423 g/mol. The number of anilines is 1. The summed E-state index contributed by atoms with van der Waals surface area (Å²) in [7, 11) is 0. The third-order valence-electron chi connectivity index (χ3n) is 5.66. The van der Waals surface area contributed by atoms with E-state index in [9.17, 15) is 14.0 Å². The largest absolute Gasteiger partial charge is 0.465 e. The van der Waals surface area contributed by atoms with Gasteiger partial charge in [0.05, 0.1) is 23.7 Å². The molecule has 0 bridgehead atoms. The van der Waals surface area contributed by atoms with E-state index in [1.807, 2.05) is 28.8 Å². The van der Waals surface area contributed by atoms with Crippen molar-refractivity contribution in [2.24, 2.45) is 5.92 Å². The number of nitrogens with zero attached hydrogens (tertiary/aromatic N) is 3. The van der Waals surface area contributed by atoms with Gasteiger partial charge in [-0.05, 0) is 43.2 Å². The maximum Gasteiger partial charge on any atom is 0.321 e. The fraction of sp³-hybridized carbons (Fsp3) is 0.375. The quantitative estimate of drug-likeness (QED) is 0.319. The van der Waals surface area contributed by atoms with Gasteiger partial charge in [0.2, 0.25) is 11.9 Å². The lowest BCUT2D eigenvalue weighted by molar-refractivity contribution is -0.153. The van der Waals surface area contributed by atoms with E-state index in [1.165, 1.54) is 12.1 Å². The van der Waals surface area contributed by atoms with Crippen LogP contribution in [0.5, 0.6) is 0 Å². The molecule has 31 heavy (non-hydrogen) atoms. The molecule has 2 aromatic carbocycles. The van der Waals surface area contributed by atoms with E-state index >= 15 is 0 Å². The Morgan fingerprint density at radius 1 is 1.13 bits per heavy atom. The molecule has 1 aromatic heterocycles. The number of rotatable bonds is 7. The van der Waals surface area contributed by atoms with Crippen LogP contribution in [0.1, 0.15) is 44.7 Å². The van der Waals surface area contributed by atoms with Crippen LogP contribution in [-0.2, 0) is 14.3 Å². The number of carbonyl (C=O) groups is 2. The highest BCUT2D eigenvalue weighted by atomic mass is 19.1. The topological polar surface area (TPSA) is 64.4 Å². The first-order valence-corrected chi connectivity index (χ1v) is 10.8. The minimum Gasteiger partial charge on any atom is -0.465 e. The highest BCUT2D eigenvalue weighted by molar-refractivity contribution is 6.08. The normalized spacial score (nSPS) is 18.3. The number of ether oxygens (including phenoxy) is 1. The van der Waals surface area contributed by atoms with Gasteiger partial charge in [-0.3, -0.25) is 14.5 Å². The van der Waals surface area contributed by atoms with Crippen molar-refractivity contribution in [3.8, 4) is 0 Å². The molecule has 7 heteroatoms. The number of para-hydroxylation sites is 2. The number of amides is 1. The molecule has 3 aromatic rings. The number of halogens is 1. The van der Waals surface area contributed by atoms with Crippen molar-refractivity contribution in [3.05, 3.63) is 59.9 Å². The zero-order valence-electron chi connectivity index (χ0n) is 17.8. The van der Waals surface area contributed by atoms with Crippen molar-refractivity contribution < 1.29 is 18.7 Å². The summed E-state index contributed by atoms with van der Waals surface area (Å²) in [5.74, 6) is -2.02. The molecule has 0 radical (unpaired) electrons. The SMILES string of the molecule is CCCCCN1C(=O)[C@@H](C(=O)OCC)[C@H](c2cccc(F)c2)n2c1nc1ccccc12. The first-order valence-electron chi connectivity index (χ1n) is 10.8. The Morgan fingerprint density at radius 2 is 1.94 bits per heavy atom. The van der Waals surface area contributed by atoms with Gasteiger partial charge in [-0.2, -0.15) is 0 Å². The molecule has 0 saturated heterocycles. The number of aromatic nitrogens is 2. The fourth-order valence-corrected chi connectivity index (χ4v) is 4.27. The van der Waals surface area contributed by atoms with Gasteiger partial charge >= 0.3 is 5.97 Å². The second-order valence-corrected chi connectivity index (χ2v) is 7.70. The second kappa shape index (κ2) is 8.88. The molecule has 0 fully saturated rings. The predicted octanol–water partition coefficient (Wildman–Crippen LogP) is 4.48. The van der Waals surface area contributed by atoms with Gasteiger partial charge in [-0.1, -0.05) is 44.0 Å². The minimum absolute atomic E-state index is 0.159. The molecule has 2 atom stereocenters. The number of fused-ring (bicyclic) bond motifs is 3. The average Bonchev–Trinajstić information content (AvgIpc) is 3.14. The van der Waals surface area contributed by atoms with Crippen molar-refractivity contribution >= 4 is 28.9 Å². The Morgan fingerprint density at radius 3 is 2.68 bits per heavy atom. The molecule has 1 amide bonds.